The van der Waals surface area contributed by atoms with Crippen molar-refractivity contribution in [3.63, 3.8) is 0 Å². The molecule has 9 heteroatoms. The average molecular weight is 387 g/mol. The van der Waals surface area contributed by atoms with Crippen LogP contribution in [0.25, 0.3) is 0 Å². The first-order valence-electron chi connectivity index (χ1n) is 5.81. The summed E-state index contributed by atoms with van der Waals surface area (Å²) in [6, 6.07) is 3.01. The van der Waals surface area contributed by atoms with Crippen molar-refractivity contribution in [1.29, 1.82) is 0 Å². The number of ether oxygens (including phenoxy) is 1. The third-order valence-electron chi connectivity index (χ3n) is 2.01. The molecule has 4 nitrogen and oxygen atoms in total. The summed E-state index contributed by atoms with van der Waals surface area (Å²) in [6.07, 6.45) is -3.20. The average Bonchev–Trinajstić information content (AvgIpc) is 2.33. The number of pyridine rings is 1. The van der Waals surface area contributed by atoms with Crippen LogP contribution in [0.1, 0.15) is 26.5 Å². The van der Waals surface area contributed by atoms with Gasteiger partial charge < -0.3 is 9.29 Å². The van der Waals surface area contributed by atoms with Crippen molar-refractivity contribution < 1.29 is 22.5 Å². The van der Waals surface area contributed by atoms with Crippen LogP contribution >= 0.6 is 15.9 Å². The first-order chi connectivity index (χ1) is 9.49. The summed E-state index contributed by atoms with van der Waals surface area (Å²) in [6.45, 7) is 3.83. The second-order valence-electron chi connectivity index (χ2n) is 5.02. The highest BCUT2D eigenvalue weighted by Crippen LogP contribution is 2.25. The van der Waals surface area contributed by atoms with Gasteiger partial charge in [-0.15, -0.1) is 0 Å². The number of rotatable bonds is 4. The maximum Gasteiger partial charge on any atom is 0.422 e. The minimum atomic E-state index is -4.45. The quantitative estimate of drug-likeness (QED) is 0.585. The minimum absolute atomic E-state index is 0.196. The van der Waals surface area contributed by atoms with Crippen molar-refractivity contribution in [3.8, 4) is 5.88 Å². The lowest BCUT2D eigenvalue weighted by Gasteiger charge is -2.17. The van der Waals surface area contributed by atoms with Crippen molar-refractivity contribution in [2.75, 3.05) is 6.61 Å². The Morgan fingerprint density at radius 1 is 1.38 bits per heavy atom. The number of alkyl halides is 3. The molecule has 0 aliphatic heterocycles. The van der Waals surface area contributed by atoms with Crippen molar-refractivity contribution in [2.45, 2.75) is 31.7 Å². The van der Waals surface area contributed by atoms with Gasteiger partial charge in [0, 0.05) is 0 Å². The first kappa shape index (κ1) is 18.2. The van der Waals surface area contributed by atoms with Gasteiger partial charge in [0.2, 0.25) is 5.88 Å². The van der Waals surface area contributed by atoms with E-state index in [9.17, 15) is 17.7 Å². The van der Waals surface area contributed by atoms with Gasteiger partial charge in [-0.1, -0.05) is 4.40 Å². The highest BCUT2D eigenvalue weighted by molar-refractivity contribution is 9.10. The number of nitrogens with zero attached hydrogens (tertiary/aromatic N) is 2. The zero-order valence-electron chi connectivity index (χ0n) is 11.6. The number of hydrogen-bond donors (Lipinski definition) is 0. The Morgan fingerprint density at radius 3 is 2.52 bits per heavy atom. The van der Waals surface area contributed by atoms with E-state index in [0.29, 0.717) is 4.47 Å². The molecule has 21 heavy (non-hydrogen) atoms. The third-order valence-corrected chi connectivity index (χ3v) is 3.96. The van der Waals surface area contributed by atoms with E-state index in [1.807, 2.05) is 0 Å². The largest absolute Gasteiger partial charge is 0.591 e. The predicted molar refractivity (Wildman–Crippen MR) is 79.0 cm³/mol. The van der Waals surface area contributed by atoms with Crippen LogP contribution in [0, 0.1) is 0 Å². The molecule has 0 N–H and O–H groups in total. The SMILES string of the molecule is CC(C)(C)[S+]([O-])/N=C/c1ccc(Br)c(OCC(F)(F)F)n1. The maximum absolute atomic E-state index is 12.1. The lowest BCUT2D eigenvalue weighted by atomic mass is 10.3. The summed E-state index contributed by atoms with van der Waals surface area (Å²) >= 11 is 1.58. The molecule has 1 rings (SSSR count). The lowest BCUT2D eigenvalue weighted by molar-refractivity contribution is -0.154. The van der Waals surface area contributed by atoms with Crippen LogP contribution in [0.2, 0.25) is 0 Å². The number of aromatic nitrogens is 1. The standard InChI is InChI=1S/C12H14BrF3N2O2S/c1-11(2,3)21(19)17-6-8-4-5-9(13)10(18-8)20-7-12(14,15)16/h4-6H,7H2,1-3H3/b17-6+. The van der Waals surface area contributed by atoms with Crippen molar-refractivity contribution >= 4 is 33.5 Å². The monoisotopic (exact) mass is 386 g/mol. The molecular formula is C12H14BrF3N2O2S. The summed E-state index contributed by atoms with van der Waals surface area (Å²) in [5.74, 6) is -0.196. The van der Waals surface area contributed by atoms with E-state index in [4.69, 9.17) is 0 Å². The van der Waals surface area contributed by atoms with Gasteiger partial charge in [0.25, 0.3) is 0 Å². The molecular weight excluding hydrogens is 373 g/mol. The minimum Gasteiger partial charge on any atom is -0.591 e. The fraction of sp³-hybridized carbons (Fsp3) is 0.500. The van der Waals surface area contributed by atoms with Gasteiger partial charge in [-0.05, 0) is 48.8 Å². The molecule has 0 aliphatic rings. The molecule has 118 valence electrons. The molecule has 0 saturated carbocycles. The molecule has 1 atom stereocenters. The van der Waals surface area contributed by atoms with Gasteiger partial charge in [0.15, 0.2) is 6.61 Å². The number of hydrogen-bond acceptors (Lipinski definition) is 4. The van der Waals surface area contributed by atoms with Gasteiger partial charge in [-0.2, -0.15) is 13.2 Å². The molecule has 0 aromatic carbocycles. The number of halogens is 4. The molecule has 0 spiro atoms. The molecule has 0 fully saturated rings. The normalized spacial score (nSPS) is 14.5. The molecule has 1 aromatic rings. The third kappa shape index (κ3) is 6.66. The van der Waals surface area contributed by atoms with E-state index in [2.05, 4.69) is 30.0 Å². The highest BCUT2D eigenvalue weighted by Gasteiger charge is 2.29. The van der Waals surface area contributed by atoms with Crippen LogP contribution < -0.4 is 4.74 Å². The summed E-state index contributed by atoms with van der Waals surface area (Å²) in [5, 5.41) is 0. The predicted octanol–water partition coefficient (Wildman–Crippen LogP) is 3.67. The Hall–Kier alpha value is -0.800. The summed E-state index contributed by atoms with van der Waals surface area (Å²) in [4.78, 5) is 3.88. The van der Waals surface area contributed by atoms with Crippen LogP contribution in [0.4, 0.5) is 13.2 Å². The smallest absolute Gasteiger partial charge is 0.422 e. The van der Waals surface area contributed by atoms with Crippen LogP contribution in [0.15, 0.2) is 21.0 Å². The van der Waals surface area contributed by atoms with E-state index >= 15 is 0 Å². The van der Waals surface area contributed by atoms with E-state index in [-0.39, 0.29) is 11.6 Å². The Morgan fingerprint density at radius 2 is 2.00 bits per heavy atom. The molecule has 1 aromatic heterocycles. The first-order valence-corrected chi connectivity index (χ1v) is 7.71. The van der Waals surface area contributed by atoms with Crippen LogP contribution in [-0.2, 0) is 11.4 Å². The lowest BCUT2D eigenvalue weighted by Crippen LogP contribution is -2.25. The molecule has 0 saturated heterocycles. The van der Waals surface area contributed by atoms with Crippen molar-refractivity contribution in [2.24, 2.45) is 4.40 Å². The second-order valence-corrected chi connectivity index (χ2v) is 7.81. The van der Waals surface area contributed by atoms with E-state index in [0.717, 1.165) is 0 Å². The van der Waals surface area contributed by atoms with Crippen molar-refractivity contribution in [1.82, 2.24) is 4.98 Å². The van der Waals surface area contributed by atoms with Gasteiger partial charge in [-0.3, -0.25) is 0 Å². The highest BCUT2D eigenvalue weighted by atomic mass is 79.9. The Labute approximate surface area is 132 Å². The van der Waals surface area contributed by atoms with E-state index in [1.54, 1.807) is 20.8 Å². The van der Waals surface area contributed by atoms with Crippen LogP contribution in [0.5, 0.6) is 5.88 Å². The molecule has 0 amide bonds. The molecule has 0 aliphatic carbocycles. The maximum atomic E-state index is 12.1. The topological polar surface area (TPSA) is 57.5 Å². The van der Waals surface area contributed by atoms with Crippen LogP contribution in [-0.4, -0.2) is 33.3 Å². The fourth-order valence-electron chi connectivity index (χ4n) is 1.02. The summed E-state index contributed by atoms with van der Waals surface area (Å²) < 4.78 is 56.3. The Bertz CT molecular complexity index is 518. The van der Waals surface area contributed by atoms with Gasteiger partial charge in [0.05, 0.1) is 10.2 Å². The molecule has 1 heterocycles. The van der Waals surface area contributed by atoms with Gasteiger partial charge in [0.1, 0.15) is 22.3 Å². The van der Waals surface area contributed by atoms with Gasteiger partial charge >= 0.3 is 6.18 Å². The van der Waals surface area contributed by atoms with Crippen molar-refractivity contribution in [3.05, 3.63) is 22.3 Å². The summed E-state index contributed by atoms with van der Waals surface area (Å²) in [5.41, 5.74) is 0.257. The second kappa shape index (κ2) is 6.97. The Kier molecular flexibility index (Phi) is 6.06. The van der Waals surface area contributed by atoms with Crippen LogP contribution in [0.3, 0.4) is 0 Å². The molecule has 0 radical (unpaired) electrons. The molecule has 1 unspecified atom stereocenters. The zero-order chi connectivity index (χ0) is 16.3. The summed E-state index contributed by atoms with van der Waals surface area (Å²) in [7, 11) is 0. The fourth-order valence-corrected chi connectivity index (χ4v) is 1.88. The zero-order valence-corrected chi connectivity index (χ0v) is 14.0. The van der Waals surface area contributed by atoms with E-state index in [1.165, 1.54) is 18.3 Å². The van der Waals surface area contributed by atoms with E-state index < -0.39 is 28.9 Å². The molecule has 0 bridgehead atoms. The van der Waals surface area contributed by atoms with Gasteiger partial charge in [-0.25, -0.2) is 4.98 Å². The Balaban J connectivity index is 2.84.